The maximum absolute atomic E-state index is 12.3. The zero-order valence-corrected chi connectivity index (χ0v) is 17.1. The van der Waals surface area contributed by atoms with E-state index in [9.17, 15) is 9.59 Å². The molecule has 3 rings (SSSR count). The number of rotatable bonds is 4. The Hall–Kier alpha value is -3.28. The van der Waals surface area contributed by atoms with Crippen molar-refractivity contribution >= 4 is 33.9 Å². The van der Waals surface area contributed by atoms with Gasteiger partial charge in [-0.15, -0.1) is 0 Å². The molecule has 0 radical (unpaired) electrons. The minimum atomic E-state index is -0.791. The highest BCUT2D eigenvalue weighted by molar-refractivity contribution is 6.13. The van der Waals surface area contributed by atoms with Crippen molar-refractivity contribution in [2.45, 2.75) is 46.8 Å². The van der Waals surface area contributed by atoms with Crippen LogP contribution in [0.15, 0.2) is 42.5 Å². The van der Waals surface area contributed by atoms with Crippen molar-refractivity contribution in [3.8, 4) is 11.5 Å². The van der Waals surface area contributed by atoms with Gasteiger partial charge in [-0.3, -0.25) is 0 Å². The summed E-state index contributed by atoms with van der Waals surface area (Å²) < 4.78 is 21.5. The lowest BCUT2D eigenvalue weighted by Gasteiger charge is -2.18. The van der Waals surface area contributed by atoms with E-state index < -0.39 is 12.3 Å². The molecule has 29 heavy (non-hydrogen) atoms. The Kier molecular flexibility index (Phi) is 5.92. The first kappa shape index (κ1) is 20.5. The van der Waals surface area contributed by atoms with E-state index in [-0.39, 0.29) is 12.2 Å². The summed E-state index contributed by atoms with van der Waals surface area (Å²) in [5.41, 5.74) is 0.864. The van der Waals surface area contributed by atoms with Crippen LogP contribution < -0.4 is 9.47 Å². The van der Waals surface area contributed by atoms with Gasteiger partial charge in [0.15, 0.2) is 5.75 Å². The summed E-state index contributed by atoms with van der Waals surface area (Å²) in [4.78, 5) is 24.5. The third kappa shape index (κ3) is 4.42. The van der Waals surface area contributed by atoms with Crippen LogP contribution in [0.1, 0.15) is 33.3 Å². The van der Waals surface area contributed by atoms with Gasteiger partial charge in [0.2, 0.25) is 0 Å². The predicted molar refractivity (Wildman–Crippen MR) is 111 cm³/mol. The first-order valence-electron chi connectivity index (χ1n) is 9.49. The molecule has 0 amide bonds. The quantitative estimate of drug-likeness (QED) is 0.299. The van der Waals surface area contributed by atoms with E-state index in [1.165, 1.54) is 0 Å². The molecule has 6 nitrogen and oxygen atoms in total. The van der Waals surface area contributed by atoms with Crippen molar-refractivity contribution in [3.05, 3.63) is 48.0 Å². The normalized spacial score (nSPS) is 11.1. The Morgan fingerprint density at radius 3 is 1.72 bits per heavy atom. The van der Waals surface area contributed by atoms with E-state index in [1.54, 1.807) is 39.8 Å². The molecule has 3 aromatic rings. The predicted octanol–water partition coefficient (Wildman–Crippen LogP) is 6.15. The molecule has 0 aliphatic heterocycles. The highest BCUT2D eigenvalue weighted by Crippen LogP contribution is 2.44. The van der Waals surface area contributed by atoms with Crippen LogP contribution in [-0.2, 0) is 9.47 Å². The summed E-state index contributed by atoms with van der Waals surface area (Å²) in [6.07, 6.45) is -2.20. The highest BCUT2D eigenvalue weighted by Gasteiger charge is 2.22. The van der Waals surface area contributed by atoms with Crippen LogP contribution in [0.4, 0.5) is 9.59 Å². The third-order valence-electron chi connectivity index (χ3n) is 4.20. The first-order valence-corrected chi connectivity index (χ1v) is 9.49. The van der Waals surface area contributed by atoms with E-state index >= 15 is 0 Å². The highest BCUT2D eigenvalue weighted by atomic mass is 16.7. The molecule has 0 fully saturated rings. The number of aryl methyl sites for hydroxylation is 1. The minimum Gasteiger partial charge on any atom is -0.431 e. The fourth-order valence-corrected chi connectivity index (χ4v) is 3.13. The maximum Gasteiger partial charge on any atom is 0.514 e. The van der Waals surface area contributed by atoms with E-state index in [1.807, 2.05) is 37.3 Å². The summed E-state index contributed by atoms with van der Waals surface area (Å²) in [6, 6.07) is 12.8. The Morgan fingerprint density at radius 1 is 0.690 bits per heavy atom. The molecule has 0 heterocycles. The summed E-state index contributed by atoms with van der Waals surface area (Å²) in [5.74, 6) is 0.721. The molecular weight excluding hydrogens is 372 g/mol. The molecule has 0 unspecified atom stereocenters. The van der Waals surface area contributed by atoms with Crippen molar-refractivity contribution in [3.63, 3.8) is 0 Å². The standard InChI is InChI=1S/C23H24O6/c1-13(2)26-22(24)28-20-16-10-6-7-11-17(16)21(29-23(25)27-14(3)4)19-15(5)9-8-12-18(19)20/h6-14H,1-5H3. The lowest BCUT2D eigenvalue weighted by atomic mass is 9.97. The number of ether oxygens (including phenoxy) is 4. The Morgan fingerprint density at radius 2 is 1.17 bits per heavy atom. The summed E-state index contributed by atoms with van der Waals surface area (Å²) >= 11 is 0. The van der Waals surface area contributed by atoms with Crippen molar-refractivity contribution in [2.75, 3.05) is 0 Å². The largest absolute Gasteiger partial charge is 0.514 e. The van der Waals surface area contributed by atoms with Gasteiger partial charge in [0.05, 0.1) is 12.2 Å². The van der Waals surface area contributed by atoms with Crippen LogP contribution >= 0.6 is 0 Å². The lowest BCUT2D eigenvalue weighted by Crippen LogP contribution is -2.17. The molecule has 0 bridgehead atoms. The van der Waals surface area contributed by atoms with Crippen molar-refractivity contribution in [1.29, 1.82) is 0 Å². The number of carbonyl (C=O) groups excluding carboxylic acids is 2. The van der Waals surface area contributed by atoms with E-state index in [2.05, 4.69) is 0 Å². The molecule has 0 atom stereocenters. The number of hydrogen-bond donors (Lipinski definition) is 0. The monoisotopic (exact) mass is 396 g/mol. The number of fused-ring (bicyclic) bond motifs is 2. The smallest absolute Gasteiger partial charge is 0.431 e. The fourth-order valence-electron chi connectivity index (χ4n) is 3.13. The van der Waals surface area contributed by atoms with Crippen molar-refractivity contribution in [2.24, 2.45) is 0 Å². The maximum atomic E-state index is 12.3. The average Bonchev–Trinajstić information content (AvgIpc) is 2.63. The van der Waals surface area contributed by atoms with Gasteiger partial charge in [0, 0.05) is 21.5 Å². The van der Waals surface area contributed by atoms with Gasteiger partial charge >= 0.3 is 12.3 Å². The number of benzene rings is 3. The summed E-state index contributed by atoms with van der Waals surface area (Å²) in [6.45, 7) is 8.89. The van der Waals surface area contributed by atoms with Crippen molar-refractivity contribution < 1.29 is 28.5 Å². The molecule has 0 saturated heterocycles. The molecule has 152 valence electrons. The molecule has 0 spiro atoms. The Bertz CT molecular complexity index is 1070. The molecule has 0 saturated carbocycles. The average molecular weight is 396 g/mol. The SMILES string of the molecule is Cc1cccc2c(OC(=O)OC(C)C)c3ccccc3c(OC(=O)OC(C)C)c12. The number of carbonyl (C=O) groups is 2. The Balaban J connectivity index is 2.25. The van der Waals surface area contributed by atoms with E-state index in [0.717, 1.165) is 5.56 Å². The van der Waals surface area contributed by atoms with E-state index in [0.29, 0.717) is 33.0 Å². The summed E-state index contributed by atoms with van der Waals surface area (Å²) in [5, 5.41) is 2.55. The molecule has 3 aromatic carbocycles. The van der Waals surface area contributed by atoms with Gasteiger partial charge in [0.1, 0.15) is 5.75 Å². The van der Waals surface area contributed by atoms with Crippen LogP contribution in [0.3, 0.4) is 0 Å². The topological polar surface area (TPSA) is 71.1 Å². The van der Waals surface area contributed by atoms with Gasteiger partial charge in [0.25, 0.3) is 0 Å². The van der Waals surface area contributed by atoms with Crippen LogP contribution in [0.5, 0.6) is 11.5 Å². The second-order valence-electron chi connectivity index (χ2n) is 7.24. The second-order valence-corrected chi connectivity index (χ2v) is 7.24. The van der Waals surface area contributed by atoms with Crippen LogP contribution in [0.2, 0.25) is 0 Å². The first-order chi connectivity index (χ1) is 13.8. The van der Waals surface area contributed by atoms with Crippen molar-refractivity contribution in [1.82, 2.24) is 0 Å². The van der Waals surface area contributed by atoms with E-state index in [4.69, 9.17) is 18.9 Å². The molecule has 0 aliphatic rings. The number of hydrogen-bond acceptors (Lipinski definition) is 6. The van der Waals surface area contributed by atoms with Crippen LogP contribution in [0.25, 0.3) is 21.5 Å². The molecule has 0 aliphatic carbocycles. The molecule has 0 N–H and O–H groups in total. The van der Waals surface area contributed by atoms with Gasteiger partial charge in [-0.05, 0) is 40.2 Å². The molecule has 6 heteroatoms. The van der Waals surface area contributed by atoms with Crippen LogP contribution in [-0.4, -0.2) is 24.5 Å². The van der Waals surface area contributed by atoms with Gasteiger partial charge in [-0.1, -0.05) is 42.5 Å². The molecular formula is C23H24O6. The molecule has 0 aromatic heterocycles. The Labute approximate surface area is 169 Å². The summed E-state index contributed by atoms with van der Waals surface area (Å²) in [7, 11) is 0. The van der Waals surface area contributed by atoms with Crippen LogP contribution in [0, 0.1) is 6.92 Å². The third-order valence-corrected chi connectivity index (χ3v) is 4.20. The second kappa shape index (κ2) is 8.39. The lowest BCUT2D eigenvalue weighted by molar-refractivity contribution is 0.0719. The fraction of sp³-hybridized carbons (Fsp3) is 0.304. The zero-order chi connectivity index (χ0) is 21.1. The van der Waals surface area contributed by atoms with Gasteiger partial charge < -0.3 is 18.9 Å². The van der Waals surface area contributed by atoms with Gasteiger partial charge in [-0.25, -0.2) is 9.59 Å². The van der Waals surface area contributed by atoms with Gasteiger partial charge in [-0.2, -0.15) is 0 Å². The minimum absolute atomic E-state index is 0.310. The zero-order valence-electron chi connectivity index (χ0n) is 17.1.